The third-order valence-electron chi connectivity index (χ3n) is 7.12. The van der Waals surface area contributed by atoms with E-state index in [1.54, 1.807) is 0 Å². The van der Waals surface area contributed by atoms with Crippen molar-refractivity contribution >= 4 is 23.2 Å². The van der Waals surface area contributed by atoms with Crippen molar-refractivity contribution in [3.8, 4) is 0 Å². The Kier molecular flexibility index (Phi) is 8.62. The Morgan fingerprint density at radius 2 is 1.14 bits per heavy atom. The molecule has 0 bridgehead atoms. The highest BCUT2D eigenvalue weighted by atomic mass is 31.2. The Morgan fingerprint density at radius 1 is 0.600 bits per heavy atom. The van der Waals surface area contributed by atoms with E-state index in [2.05, 4.69) is 91.0 Å². The second-order valence-corrected chi connectivity index (χ2v) is 12.9. The number of ether oxygens (including phenoxy) is 4. The highest BCUT2D eigenvalue weighted by Gasteiger charge is 2.44. The third kappa shape index (κ3) is 5.69. The topological polar surface area (TPSA) is 36.9 Å². The van der Waals surface area contributed by atoms with Gasteiger partial charge in [-0.25, -0.2) is 0 Å². The molecule has 2 aliphatic rings. The molecule has 2 aliphatic heterocycles. The SMILES string of the molecule is c1ccc([P+](CCCCC2OCCOC2C2COCCO2)(c2ccccc2)c2ccccc2)cc1. The van der Waals surface area contributed by atoms with Crippen molar-refractivity contribution < 1.29 is 18.9 Å². The quantitative estimate of drug-likeness (QED) is 0.330. The molecular weight excluding hydrogens is 455 g/mol. The highest BCUT2D eigenvalue weighted by Crippen LogP contribution is 2.56. The first-order valence-corrected chi connectivity index (χ1v) is 14.8. The smallest absolute Gasteiger partial charge is 0.112 e. The molecule has 2 heterocycles. The summed E-state index contributed by atoms with van der Waals surface area (Å²) in [6.07, 6.45) is 4.32. The van der Waals surface area contributed by atoms with E-state index in [4.69, 9.17) is 18.9 Å². The minimum atomic E-state index is -1.78. The zero-order chi connectivity index (χ0) is 23.8. The van der Waals surface area contributed by atoms with Crippen LogP contribution in [0.3, 0.4) is 0 Å². The Balaban J connectivity index is 1.36. The summed E-state index contributed by atoms with van der Waals surface area (Å²) < 4.78 is 23.9. The van der Waals surface area contributed by atoms with Gasteiger partial charge in [0.25, 0.3) is 0 Å². The molecular formula is C30H36O4P+. The van der Waals surface area contributed by atoms with Gasteiger partial charge >= 0.3 is 0 Å². The molecule has 0 aromatic heterocycles. The van der Waals surface area contributed by atoms with Crippen molar-refractivity contribution in [2.75, 3.05) is 39.2 Å². The van der Waals surface area contributed by atoms with Crippen molar-refractivity contribution in [1.82, 2.24) is 0 Å². The molecule has 0 N–H and O–H groups in total. The predicted octanol–water partition coefficient (Wildman–Crippen LogP) is 4.35. The maximum absolute atomic E-state index is 6.18. The average Bonchev–Trinajstić information content (AvgIpc) is 2.95. The van der Waals surface area contributed by atoms with Gasteiger partial charge < -0.3 is 18.9 Å². The van der Waals surface area contributed by atoms with Crippen LogP contribution in [0.4, 0.5) is 0 Å². The lowest BCUT2D eigenvalue weighted by Gasteiger charge is -2.38. The lowest BCUT2D eigenvalue weighted by Crippen LogP contribution is -2.50. The Labute approximate surface area is 209 Å². The molecule has 2 saturated heterocycles. The van der Waals surface area contributed by atoms with E-state index >= 15 is 0 Å². The molecule has 35 heavy (non-hydrogen) atoms. The van der Waals surface area contributed by atoms with Crippen LogP contribution in [0.5, 0.6) is 0 Å². The Morgan fingerprint density at radius 3 is 1.69 bits per heavy atom. The van der Waals surface area contributed by atoms with Gasteiger partial charge in [0.2, 0.25) is 0 Å². The van der Waals surface area contributed by atoms with Crippen molar-refractivity contribution in [2.24, 2.45) is 0 Å². The first-order valence-electron chi connectivity index (χ1n) is 12.9. The molecule has 0 saturated carbocycles. The summed E-state index contributed by atoms with van der Waals surface area (Å²) in [5.74, 6) is 0. The van der Waals surface area contributed by atoms with Crippen LogP contribution in [0.1, 0.15) is 19.3 Å². The van der Waals surface area contributed by atoms with Crippen LogP contribution in [0.2, 0.25) is 0 Å². The fraction of sp³-hybridized carbons (Fsp3) is 0.400. The zero-order valence-electron chi connectivity index (χ0n) is 20.3. The average molecular weight is 492 g/mol. The van der Waals surface area contributed by atoms with Crippen LogP contribution in [-0.2, 0) is 18.9 Å². The van der Waals surface area contributed by atoms with E-state index in [0.29, 0.717) is 33.0 Å². The largest absolute Gasteiger partial charge is 0.376 e. The molecule has 5 rings (SSSR count). The van der Waals surface area contributed by atoms with Gasteiger partial charge in [-0.3, -0.25) is 0 Å². The van der Waals surface area contributed by atoms with Crippen molar-refractivity contribution in [2.45, 2.75) is 37.6 Å². The first kappa shape index (κ1) is 24.6. The lowest BCUT2D eigenvalue weighted by atomic mass is 10.0. The first-order chi connectivity index (χ1) is 17.4. The maximum Gasteiger partial charge on any atom is 0.112 e. The Hall–Kier alpha value is -2.07. The monoisotopic (exact) mass is 491 g/mol. The summed E-state index contributed by atoms with van der Waals surface area (Å²) in [6.45, 7) is 3.18. The lowest BCUT2D eigenvalue weighted by molar-refractivity contribution is -0.215. The van der Waals surface area contributed by atoms with Gasteiger partial charge in [-0.05, 0) is 55.7 Å². The van der Waals surface area contributed by atoms with E-state index in [-0.39, 0.29) is 18.3 Å². The minimum absolute atomic E-state index is 0.0291. The van der Waals surface area contributed by atoms with E-state index < -0.39 is 7.26 Å². The highest BCUT2D eigenvalue weighted by molar-refractivity contribution is 7.95. The van der Waals surface area contributed by atoms with Gasteiger partial charge in [0, 0.05) is 0 Å². The summed E-state index contributed by atoms with van der Waals surface area (Å²) in [4.78, 5) is 0. The Bertz CT molecular complexity index is 912. The van der Waals surface area contributed by atoms with E-state index in [1.165, 1.54) is 15.9 Å². The van der Waals surface area contributed by atoms with Crippen LogP contribution in [-0.4, -0.2) is 57.5 Å². The standard InChI is InChI=1S/C30H36O4P/c1-4-12-25(13-5-1)35(26-14-6-2-7-15-26,27-16-8-3-9-17-27)23-11-10-18-28-30(34-22-21-32-28)29-24-31-19-20-33-29/h1-9,12-17,28-30H,10-11,18-24H2/q+1. The van der Waals surface area contributed by atoms with Crippen molar-refractivity contribution in [3.63, 3.8) is 0 Å². The molecule has 3 unspecified atom stereocenters. The minimum Gasteiger partial charge on any atom is -0.376 e. The number of hydrogen-bond donors (Lipinski definition) is 0. The summed E-state index contributed by atoms with van der Waals surface area (Å²) in [6, 6.07) is 33.4. The van der Waals surface area contributed by atoms with Crippen LogP contribution >= 0.6 is 7.26 Å². The van der Waals surface area contributed by atoms with Crippen LogP contribution in [0.15, 0.2) is 91.0 Å². The second-order valence-electron chi connectivity index (χ2n) is 9.26. The maximum atomic E-state index is 6.18. The molecule has 5 heteroatoms. The van der Waals surface area contributed by atoms with Crippen molar-refractivity contribution in [1.29, 1.82) is 0 Å². The van der Waals surface area contributed by atoms with Gasteiger partial charge in [0.1, 0.15) is 35.4 Å². The predicted molar refractivity (Wildman–Crippen MR) is 144 cm³/mol. The second kappa shape index (κ2) is 12.3. The normalized spacial score (nSPS) is 23.1. The summed E-state index contributed by atoms with van der Waals surface area (Å²) in [5, 5.41) is 4.33. The molecule has 3 aromatic carbocycles. The molecule has 0 radical (unpaired) electrons. The van der Waals surface area contributed by atoms with E-state index in [1.807, 2.05) is 0 Å². The summed E-state index contributed by atoms with van der Waals surface area (Å²) in [7, 11) is -1.78. The number of hydrogen-bond acceptors (Lipinski definition) is 4. The van der Waals surface area contributed by atoms with Gasteiger partial charge in [-0.1, -0.05) is 54.6 Å². The molecule has 3 aromatic rings. The van der Waals surface area contributed by atoms with E-state index in [0.717, 1.165) is 25.4 Å². The van der Waals surface area contributed by atoms with Crippen LogP contribution in [0.25, 0.3) is 0 Å². The van der Waals surface area contributed by atoms with Gasteiger partial charge in [0.05, 0.1) is 45.3 Å². The number of benzene rings is 3. The van der Waals surface area contributed by atoms with Crippen LogP contribution in [0, 0.1) is 0 Å². The number of unbranched alkanes of at least 4 members (excludes halogenated alkanes) is 1. The third-order valence-corrected chi connectivity index (χ3v) is 11.6. The zero-order valence-corrected chi connectivity index (χ0v) is 21.2. The molecule has 0 spiro atoms. The number of rotatable bonds is 9. The fourth-order valence-electron chi connectivity index (χ4n) is 5.45. The molecule has 0 aliphatic carbocycles. The molecule has 4 nitrogen and oxygen atoms in total. The molecule has 184 valence electrons. The molecule has 3 atom stereocenters. The van der Waals surface area contributed by atoms with E-state index in [9.17, 15) is 0 Å². The van der Waals surface area contributed by atoms with Gasteiger partial charge in [-0.15, -0.1) is 0 Å². The van der Waals surface area contributed by atoms with Crippen molar-refractivity contribution in [3.05, 3.63) is 91.0 Å². The van der Waals surface area contributed by atoms with Crippen LogP contribution < -0.4 is 15.9 Å². The van der Waals surface area contributed by atoms with Gasteiger partial charge in [-0.2, -0.15) is 0 Å². The fourth-order valence-corrected chi connectivity index (χ4v) is 9.86. The summed E-state index contributed by atoms with van der Waals surface area (Å²) >= 11 is 0. The molecule has 0 amide bonds. The van der Waals surface area contributed by atoms with Gasteiger partial charge in [0.15, 0.2) is 0 Å². The summed E-state index contributed by atoms with van der Waals surface area (Å²) in [5.41, 5.74) is 0. The molecule has 2 fully saturated rings.